The molecular weight excluding hydrogens is 446 g/mol. The maximum Gasteiger partial charge on any atom is 0.410 e. The van der Waals surface area contributed by atoms with Crippen molar-refractivity contribution in [2.24, 2.45) is 5.92 Å². The van der Waals surface area contributed by atoms with E-state index in [4.69, 9.17) is 14.5 Å². The van der Waals surface area contributed by atoms with Crippen molar-refractivity contribution in [1.29, 1.82) is 0 Å². The van der Waals surface area contributed by atoms with Crippen molar-refractivity contribution in [3.05, 3.63) is 29.8 Å². The molecule has 2 aliphatic rings. The van der Waals surface area contributed by atoms with E-state index in [1.54, 1.807) is 4.90 Å². The topological polar surface area (TPSA) is 102 Å². The lowest BCUT2D eigenvalue weighted by Gasteiger charge is -2.32. The lowest BCUT2D eigenvalue weighted by Crippen LogP contribution is -2.41. The number of hydrogen-bond acceptors (Lipinski definition) is 6. The van der Waals surface area contributed by atoms with Crippen LogP contribution in [0.5, 0.6) is 0 Å². The molecule has 0 aromatic carbocycles. The number of carbonyl (C=O) groups is 2. The summed E-state index contributed by atoms with van der Waals surface area (Å²) in [5.74, 6) is 0.580. The number of amides is 1. The van der Waals surface area contributed by atoms with Gasteiger partial charge in [-0.2, -0.15) is 0 Å². The zero-order valence-electron chi connectivity index (χ0n) is 21.0. The fraction of sp³-hybridized carbons (Fsp3) is 0.615. The summed E-state index contributed by atoms with van der Waals surface area (Å²) < 4.78 is 12.6. The summed E-state index contributed by atoms with van der Waals surface area (Å²) in [6, 6.07) is 0. The second-order valence-corrected chi connectivity index (χ2v) is 10.9. The number of hydrogen-bond donors (Lipinski definition) is 1. The summed E-state index contributed by atoms with van der Waals surface area (Å²) in [4.78, 5) is 39.0. The number of piperidine rings is 1. The first kappa shape index (κ1) is 23.6. The van der Waals surface area contributed by atoms with Gasteiger partial charge in [0.1, 0.15) is 5.60 Å². The number of esters is 1. The van der Waals surface area contributed by atoms with Gasteiger partial charge >= 0.3 is 12.1 Å². The fourth-order valence-electron chi connectivity index (χ4n) is 5.58. The van der Waals surface area contributed by atoms with E-state index in [9.17, 15) is 9.59 Å². The quantitative estimate of drug-likeness (QED) is 0.541. The van der Waals surface area contributed by atoms with Gasteiger partial charge in [-0.25, -0.2) is 14.8 Å². The Hall–Kier alpha value is -3.10. The average Bonchev–Trinajstić information content (AvgIpc) is 3.47. The molecule has 1 amide bonds. The highest BCUT2D eigenvalue weighted by atomic mass is 16.6. The van der Waals surface area contributed by atoms with Crippen molar-refractivity contribution in [3.8, 4) is 0 Å². The van der Waals surface area contributed by atoms with Crippen molar-refractivity contribution in [3.63, 3.8) is 0 Å². The second-order valence-electron chi connectivity index (χ2n) is 10.9. The third-order valence-electron chi connectivity index (χ3n) is 7.43. The summed E-state index contributed by atoms with van der Waals surface area (Å²) in [5, 5.41) is 0. The zero-order valence-corrected chi connectivity index (χ0v) is 21.0. The zero-order chi connectivity index (χ0) is 24.7. The summed E-state index contributed by atoms with van der Waals surface area (Å²) in [7, 11) is 1.47. The maximum absolute atomic E-state index is 12.4. The van der Waals surface area contributed by atoms with Crippen LogP contribution in [-0.4, -0.2) is 62.1 Å². The molecule has 0 radical (unpaired) electrons. The monoisotopic (exact) mass is 481 g/mol. The molecule has 188 valence electrons. The van der Waals surface area contributed by atoms with E-state index >= 15 is 0 Å². The van der Waals surface area contributed by atoms with E-state index in [1.165, 1.54) is 12.7 Å². The van der Waals surface area contributed by atoms with Gasteiger partial charge in [-0.1, -0.05) is 0 Å². The standard InChI is InChI=1S/C26H35N5O4/c1-26(2,3)35-25(33)30-11-9-17(10-12-30)20-15-31-21(29-20)14-28-23-22(31)19(13-27-23)16-5-7-18(8-6-16)24(32)34-4/h13-18,27H,5-12H2,1-4H3. The molecule has 3 aromatic rings. The van der Waals surface area contributed by atoms with E-state index in [-0.39, 0.29) is 18.0 Å². The Bertz CT molecular complexity index is 1220. The van der Waals surface area contributed by atoms with Crippen LogP contribution in [-0.2, 0) is 14.3 Å². The van der Waals surface area contributed by atoms with Crippen LogP contribution in [0.1, 0.15) is 82.4 Å². The molecule has 5 rings (SSSR count). The van der Waals surface area contributed by atoms with Crippen molar-refractivity contribution in [2.75, 3.05) is 20.2 Å². The molecular formula is C26H35N5O4. The maximum atomic E-state index is 12.4. The van der Waals surface area contributed by atoms with E-state index < -0.39 is 5.60 Å². The summed E-state index contributed by atoms with van der Waals surface area (Å²) in [6.45, 7) is 7.01. The molecule has 0 spiro atoms. The number of ether oxygens (including phenoxy) is 2. The number of imidazole rings is 1. The minimum Gasteiger partial charge on any atom is -0.469 e. The minimum absolute atomic E-state index is 0.00555. The Balaban J connectivity index is 1.34. The SMILES string of the molecule is COC(=O)C1CCC(c2c[nH]c3ncc4nc(C5CCN(C(=O)OC(C)(C)C)CC5)cn4c23)CC1. The van der Waals surface area contributed by atoms with Crippen LogP contribution in [0.15, 0.2) is 18.6 Å². The minimum atomic E-state index is -0.485. The third kappa shape index (κ3) is 4.73. The van der Waals surface area contributed by atoms with Gasteiger partial charge in [0.05, 0.1) is 30.4 Å². The van der Waals surface area contributed by atoms with Crippen LogP contribution in [0.4, 0.5) is 4.79 Å². The summed E-state index contributed by atoms with van der Waals surface area (Å²) >= 11 is 0. The highest BCUT2D eigenvalue weighted by Gasteiger charge is 2.31. The molecule has 1 saturated carbocycles. The second kappa shape index (κ2) is 9.17. The molecule has 0 unspecified atom stereocenters. The summed E-state index contributed by atoms with van der Waals surface area (Å²) in [6.07, 6.45) is 11.1. The van der Waals surface area contributed by atoms with Crippen LogP contribution >= 0.6 is 0 Å². The van der Waals surface area contributed by atoms with Crippen LogP contribution in [0.3, 0.4) is 0 Å². The van der Waals surface area contributed by atoms with Crippen LogP contribution < -0.4 is 0 Å². The number of methoxy groups -OCH3 is 1. The van der Waals surface area contributed by atoms with E-state index in [2.05, 4.69) is 26.8 Å². The van der Waals surface area contributed by atoms with Gasteiger partial charge in [0.2, 0.25) is 0 Å². The van der Waals surface area contributed by atoms with Crippen molar-refractivity contribution in [1.82, 2.24) is 24.3 Å². The highest BCUT2D eigenvalue weighted by molar-refractivity contribution is 5.79. The molecule has 4 heterocycles. The number of carbonyl (C=O) groups excluding carboxylic acids is 2. The van der Waals surface area contributed by atoms with E-state index in [1.807, 2.05) is 27.0 Å². The number of nitrogens with one attached hydrogen (secondary N) is 1. The van der Waals surface area contributed by atoms with Crippen molar-refractivity contribution < 1.29 is 19.1 Å². The Labute approximate surface area is 205 Å². The van der Waals surface area contributed by atoms with Gasteiger partial charge in [0.15, 0.2) is 11.3 Å². The van der Waals surface area contributed by atoms with Crippen molar-refractivity contribution >= 4 is 28.9 Å². The first-order chi connectivity index (χ1) is 16.7. The van der Waals surface area contributed by atoms with Gasteiger partial charge in [-0.3, -0.25) is 9.20 Å². The Morgan fingerprint density at radius 2 is 1.77 bits per heavy atom. The molecule has 1 N–H and O–H groups in total. The largest absolute Gasteiger partial charge is 0.469 e. The predicted octanol–water partition coefficient (Wildman–Crippen LogP) is 4.77. The number of aromatic nitrogens is 4. The number of nitrogens with zero attached hydrogens (tertiary/aromatic N) is 4. The first-order valence-electron chi connectivity index (χ1n) is 12.6. The molecule has 9 nitrogen and oxygen atoms in total. The van der Waals surface area contributed by atoms with Crippen LogP contribution in [0.2, 0.25) is 0 Å². The molecule has 1 aliphatic heterocycles. The van der Waals surface area contributed by atoms with Crippen LogP contribution in [0.25, 0.3) is 16.8 Å². The number of likely N-dealkylation sites (tertiary alicyclic amines) is 1. The lowest BCUT2D eigenvalue weighted by molar-refractivity contribution is -0.146. The highest BCUT2D eigenvalue weighted by Crippen LogP contribution is 2.39. The molecule has 3 aromatic heterocycles. The fourth-order valence-corrected chi connectivity index (χ4v) is 5.58. The number of rotatable bonds is 3. The predicted molar refractivity (Wildman–Crippen MR) is 131 cm³/mol. The Morgan fingerprint density at radius 1 is 1.06 bits per heavy atom. The number of fused-ring (bicyclic) bond motifs is 3. The molecule has 1 aliphatic carbocycles. The van der Waals surface area contributed by atoms with Gasteiger partial charge in [0, 0.05) is 31.4 Å². The smallest absolute Gasteiger partial charge is 0.410 e. The number of H-pyrrole nitrogens is 1. The molecule has 1 saturated heterocycles. The van der Waals surface area contributed by atoms with Gasteiger partial charge in [-0.15, -0.1) is 0 Å². The lowest BCUT2D eigenvalue weighted by atomic mass is 9.79. The summed E-state index contributed by atoms with van der Waals surface area (Å²) in [5.41, 5.74) is 4.57. The van der Waals surface area contributed by atoms with Gasteiger partial charge < -0.3 is 19.4 Å². The average molecular weight is 482 g/mol. The van der Waals surface area contributed by atoms with Crippen LogP contribution in [0, 0.1) is 5.92 Å². The third-order valence-corrected chi connectivity index (χ3v) is 7.43. The Kier molecular flexibility index (Phi) is 6.19. The van der Waals surface area contributed by atoms with E-state index in [0.29, 0.717) is 24.9 Å². The molecule has 35 heavy (non-hydrogen) atoms. The van der Waals surface area contributed by atoms with Crippen molar-refractivity contribution in [2.45, 2.75) is 76.7 Å². The van der Waals surface area contributed by atoms with E-state index in [0.717, 1.165) is 61.0 Å². The van der Waals surface area contributed by atoms with Gasteiger partial charge in [0.25, 0.3) is 0 Å². The molecule has 2 fully saturated rings. The molecule has 0 bridgehead atoms. The normalized spacial score (nSPS) is 22.0. The van der Waals surface area contributed by atoms with Gasteiger partial charge in [-0.05, 0) is 70.8 Å². The first-order valence-corrected chi connectivity index (χ1v) is 12.6. The number of aromatic amines is 1. The molecule has 0 atom stereocenters. The Morgan fingerprint density at radius 3 is 2.43 bits per heavy atom. The molecule has 9 heteroatoms.